The van der Waals surface area contributed by atoms with Crippen molar-refractivity contribution in [1.82, 2.24) is 5.32 Å². The Morgan fingerprint density at radius 1 is 1.20 bits per heavy atom. The van der Waals surface area contributed by atoms with Gasteiger partial charge in [0.05, 0.1) is 5.69 Å². The van der Waals surface area contributed by atoms with Gasteiger partial charge >= 0.3 is 11.8 Å². The first-order valence-electron chi connectivity index (χ1n) is 6.58. The fourth-order valence-corrected chi connectivity index (χ4v) is 1.76. The van der Waals surface area contributed by atoms with Crippen LogP contribution in [0.25, 0.3) is 0 Å². The van der Waals surface area contributed by atoms with Crippen molar-refractivity contribution in [3.8, 4) is 0 Å². The third kappa shape index (κ3) is 5.57. The SMILES string of the molecule is CCCCCCNC(=O)C(=O)Nc1ccc(Cl)cc1F. The monoisotopic (exact) mass is 300 g/mol. The van der Waals surface area contributed by atoms with Gasteiger partial charge in [0, 0.05) is 11.6 Å². The van der Waals surface area contributed by atoms with Gasteiger partial charge in [-0.05, 0) is 24.6 Å². The summed E-state index contributed by atoms with van der Waals surface area (Å²) >= 11 is 5.59. The molecule has 0 heterocycles. The highest BCUT2D eigenvalue weighted by atomic mass is 35.5. The molecular weight excluding hydrogens is 283 g/mol. The summed E-state index contributed by atoms with van der Waals surface area (Å²) in [5.41, 5.74) is -0.0690. The number of amides is 2. The van der Waals surface area contributed by atoms with Gasteiger partial charge < -0.3 is 10.6 Å². The largest absolute Gasteiger partial charge is 0.348 e. The fourth-order valence-electron chi connectivity index (χ4n) is 1.60. The van der Waals surface area contributed by atoms with Crippen molar-refractivity contribution in [1.29, 1.82) is 0 Å². The molecule has 0 spiro atoms. The molecule has 0 bridgehead atoms. The Morgan fingerprint density at radius 3 is 2.60 bits per heavy atom. The lowest BCUT2D eigenvalue weighted by Crippen LogP contribution is -2.36. The summed E-state index contributed by atoms with van der Waals surface area (Å²) in [6.07, 6.45) is 4.02. The number of hydrogen-bond acceptors (Lipinski definition) is 2. The van der Waals surface area contributed by atoms with Crippen molar-refractivity contribution in [3.05, 3.63) is 29.0 Å². The molecule has 0 saturated heterocycles. The van der Waals surface area contributed by atoms with Gasteiger partial charge in [-0.3, -0.25) is 9.59 Å². The van der Waals surface area contributed by atoms with E-state index in [4.69, 9.17) is 11.6 Å². The second kappa shape index (κ2) is 8.53. The number of halogens is 2. The average molecular weight is 301 g/mol. The van der Waals surface area contributed by atoms with E-state index >= 15 is 0 Å². The first kappa shape index (κ1) is 16.4. The maximum Gasteiger partial charge on any atom is 0.313 e. The van der Waals surface area contributed by atoms with Crippen LogP contribution >= 0.6 is 11.6 Å². The number of hydrogen-bond donors (Lipinski definition) is 2. The molecule has 0 aliphatic carbocycles. The van der Waals surface area contributed by atoms with Crippen molar-refractivity contribution in [2.24, 2.45) is 0 Å². The van der Waals surface area contributed by atoms with Crippen LogP contribution in [-0.2, 0) is 9.59 Å². The minimum Gasteiger partial charge on any atom is -0.348 e. The second-order valence-corrected chi connectivity index (χ2v) is 4.83. The molecule has 2 amide bonds. The molecule has 0 fully saturated rings. The summed E-state index contributed by atoms with van der Waals surface area (Å²) in [6, 6.07) is 3.81. The maximum atomic E-state index is 13.4. The Kier molecular flexibility index (Phi) is 7.01. The fraction of sp³-hybridized carbons (Fsp3) is 0.429. The highest BCUT2D eigenvalue weighted by Gasteiger charge is 2.14. The number of benzene rings is 1. The molecule has 0 aliphatic heterocycles. The minimum atomic E-state index is -0.887. The first-order chi connectivity index (χ1) is 9.54. The van der Waals surface area contributed by atoms with Crippen LogP contribution in [-0.4, -0.2) is 18.4 Å². The van der Waals surface area contributed by atoms with Gasteiger partial charge in [0.25, 0.3) is 0 Å². The molecule has 0 radical (unpaired) electrons. The second-order valence-electron chi connectivity index (χ2n) is 4.39. The minimum absolute atomic E-state index is 0.0690. The summed E-state index contributed by atoms with van der Waals surface area (Å²) in [5.74, 6) is -2.33. The Bertz CT molecular complexity index is 480. The highest BCUT2D eigenvalue weighted by Crippen LogP contribution is 2.18. The molecule has 4 nitrogen and oxygen atoms in total. The number of rotatable bonds is 6. The molecule has 1 aromatic carbocycles. The molecule has 0 aromatic heterocycles. The Morgan fingerprint density at radius 2 is 1.95 bits per heavy atom. The Hall–Kier alpha value is -1.62. The van der Waals surface area contributed by atoms with Crippen molar-refractivity contribution < 1.29 is 14.0 Å². The lowest BCUT2D eigenvalue weighted by Gasteiger charge is -2.07. The number of carbonyl (C=O) groups excluding carboxylic acids is 2. The van der Waals surface area contributed by atoms with Crippen LogP contribution in [0.4, 0.5) is 10.1 Å². The van der Waals surface area contributed by atoms with E-state index in [0.717, 1.165) is 31.7 Å². The highest BCUT2D eigenvalue weighted by molar-refractivity contribution is 6.39. The standard InChI is InChI=1S/C14H18ClFN2O2/c1-2-3-4-5-8-17-13(19)14(20)18-12-7-6-10(15)9-11(12)16/h6-7,9H,2-5,8H2,1H3,(H,17,19)(H,18,20). The van der Waals surface area contributed by atoms with E-state index in [1.807, 2.05) is 0 Å². The number of carbonyl (C=O) groups is 2. The van der Waals surface area contributed by atoms with Crippen LogP contribution < -0.4 is 10.6 Å². The van der Waals surface area contributed by atoms with Crippen molar-refractivity contribution in [2.45, 2.75) is 32.6 Å². The summed E-state index contributed by atoms with van der Waals surface area (Å²) < 4.78 is 13.4. The third-order valence-corrected chi connectivity index (χ3v) is 2.94. The van der Waals surface area contributed by atoms with Gasteiger partial charge in [0.15, 0.2) is 0 Å². The van der Waals surface area contributed by atoms with E-state index in [1.54, 1.807) is 0 Å². The average Bonchev–Trinajstić information content (AvgIpc) is 2.41. The van der Waals surface area contributed by atoms with Gasteiger partial charge in [-0.15, -0.1) is 0 Å². The summed E-state index contributed by atoms with van der Waals surface area (Å²) in [4.78, 5) is 23.0. The maximum absolute atomic E-state index is 13.4. The van der Waals surface area contributed by atoms with Gasteiger partial charge in [-0.2, -0.15) is 0 Å². The van der Waals surface area contributed by atoms with Crippen LogP contribution in [0.15, 0.2) is 18.2 Å². The molecule has 0 saturated carbocycles. The quantitative estimate of drug-likeness (QED) is 0.626. The summed E-state index contributed by atoms with van der Waals surface area (Å²) in [7, 11) is 0. The molecule has 20 heavy (non-hydrogen) atoms. The van der Waals surface area contributed by atoms with Crippen molar-refractivity contribution in [3.63, 3.8) is 0 Å². The van der Waals surface area contributed by atoms with Gasteiger partial charge in [-0.25, -0.2) is 4.39 Å². The zero-order valence-corrected chi connectivity index (χ0v) is 12.1. The molecule has 0 aliphatic rings. The molecule has 1 rings (SSSR count). The predicted molar refractivity (Wildman–Crippen MR) is 77.2 cm³/mol. The normalized spacial score (nSPS) is 10.2. The molecule has 0 unspecified atom stereocenters. The van der Waals surface area contributed by atoms with Crippen molar-refractivity contribution in [2.75, 3.05) is 11.9 Å². The summed E-state index contributed by atoms with van der Waals surface area (Å²) in [6.45, 7) is 2.53. The van der Waals surface area contributed by atoms with Crippen LogP contribution in [0.5, 0.6) is 0 Å². The zero-order chi connectivity index (χ0) is 15.0. The molecule has 1 aromatic rings. The topological polar surface area (TPSA) is 58.2 Å². The number of unbranched alkanes of at least 4 members (excludes halogenated alkanes) is 3. The van der Waals surface area contributed by atoms with Gasteiger partial charge in [0.1, 0.15) is 5.82 Å². The van der Waals surface area contributed by atoms with Crippen LogP contribution in [0, 0.1) is 5.82 Å². The van der Waals surface area contributed by atoms with E-state index in [0.29, 0.717) is 6.54 Å². The van der Waals surface area contributed by atoms with Crippen LogP contribution in [0.1, 0.15) is 32.6 Å². The molecular formula is C14H18ClFN2O2. The van der Waals surface area contributed by atoms with E-state index in [-0.39, 0.29) is 10.7 Å². The van der Waals surface area contributed by atoms with E-state index in [1.165, 1.54) is 12.1 Å². The third-order valence-electron chi connectivity index (χ3n) is 2.70. The number of anilines is 1. The first-order valence-corrected chi connectivity index (χ1v) is 6.96. The molecule has 0 atom stereocenters. The zero-order valence-electron chi connectivity index (χ0n) is 11.3. The lowest BCUT2D eigenvalue weighted by atomic mass is 10.2. The van der Waals surface area contributed by atoms with Crippen molar-refractivity contribution >= 4 is 29.1 Å². The van der Waals surface area contributed by atoms with Crippen LogP contribution in [0.3, 0.4) is 0 Å². The van der Waals surface area contributed by atoms with E-state index in [9.17, 15) is 14.0 Å². The predicted octanol–water partition coefficient (Wildman–Crippen LogP) is 3.11. The summed E-state index contributed by atoms with van der Waals surface area (Å²) in [5, 5.41) is 4.92. The van der Waals surface area contributed by atoms with Gasteiger partial charge in [-0.1, -0.05) is 37.8 Å². The van der Waals surface area contributed by atoms with Crippen LogP contribution in [0.2, 0.25) is 5.02 Å². The number of nitrogens with one attached hydrogen (secondary N) is 2. The van der Waals surface area contributed by atoms with E-state index in [2.05, 4.69) is 17.6 Å². The Balaban J connectivity index is 2.39. The molecule has 2 N–H and O–H groups in total. The molecule has 110 valence electrons. The smallest absolute Gasteiger partial charge is 0.313 e. The lowest BCUT2D eigenvalue weighted by molar-refractivity contribution is -0.136. The van der Waals surface area contributed by atoms with Gasteiger partial charge in [0.2, 0.25) is 0 Å². The van der Waals surface area contributed by atoms with E-state index < -0.39 is 17.6 Å². The molecule has 6 heteroatoms. The Labute approximate surface area is 122 Å².